The van der Waals surface area contributed by atoms with E-state index in [1.165, 1.54) is 18.8 Å². The molecule has 1 saturated carbocycles. The highest BCUT2D eigenvalue weighted by Crippen LogP contribution is 2.29. The molecule has 3 aromatic heterocycles. The van der Waals surface area contributed by atoms with Gasteiger partial charge in [-0.1, -0.05) is 24.4 Å². The minimum atomic E-state index is -0.391. The Morgan fingerprint density at radius 2 is 2.07 bits per heavy atom. The number of furan rings is 1. The van der Waals surface area contributed by atoms with Gasteiger partial charge in [-0.05, 0) is 31.9 Å². The Labute approximate surface area is 161 Å². The van der Waals surface area contributed by atoms with Gasteiger partial charge in [0.15, 0.2) is 11.5 Å². The minimum Gasteiger partial charge on any atom is -0.463 e. The molecule has 146 valence electrons. The van der Waals surface area contributed by atoms with Crippen LogP contribution < -0.4 is 10.9 Å². The number of carbonyl (C=O) groups is 1. The van der Waals surface area contributed by atoms with Crippen LogP contribution in [0.2, 0.25) is 0 Å². The molecule has 0 atom stereocenters. The summed E-state index contributed by atoms with van der Waals surface area (Å²) in [5.74, 6) is 0.688. The first-order valence-electron chi connectivity index (χ1n) is 9.49. The molecule has 1 N–H and O–H groups in total. The average molecular weight is 382 g/mol. The number of rotatable bonds is 5. The lowest BCUT2D eigenvalue weighted by Crippen LogP contribution is -2.40. The zero-order valence-electron chi connectivity index (χ0n) is 15.7. The second kappa shape index (κ2) is 7.84. The van der Waals surface area contributed by atoms with Gasteiger partial charge in [0.05, 0.1) is 17.5 Å². The van der Waals surface area contributed by atoms with Crippen LogP contribution in [-0.2, 0) is 11.3 Å². The number of nitrogens with zero attached hydrogens (tertiary/aromatic N) is 3. The summed E-state index contributed by atoms with van der Waals surface area (Å²) >= 11 is 0. The molecule has 0 unspecified atom stereocenters. The first-order chi connectivity index (χ1) is 13.6. The lowest BCUT2D eigenvalue weighted by Gasteiger charge is -2.22. The normalized spacial score (nSPS) is 14.9. The second-order valence-corrected chi connectivity index (χ2v) is 7.11. The topological polar surface area (TPSA) is 103 Å². The predicted octanol–water partition coefficient (Wildman–Crippen LogP) is 2.92. The van der Waals surface area contributed by atoms with Crippen LogP contribution in [0.5, 0.6) is 0 Å². The molecule has 3 heterocycles. The molecular weight excluding hydrogens is 360 g/mol. The molecule has 4 rings (SSSR count). The van der Waals surface area contributed by atoms with Crippen molar-refractivity contribution in [2.75, 3.05) is 0 Å². The molecule has 8 nitrogen and oxygen atoms in total. The Morgan fingerprint density at radius 1 is 1.25 bits per heavy atom. The van der Waals surface area contributed by atoms with Crippen molar-refractivity contribution in [2.24, 2.45) is 0 Å². The average Bonchev–Trinajstić information content (AvgIpc) is 3.36. The Balaban J connectivity index is 1.64. The molecule has 1 fully saturated rings. The molecule has 28 heavy (non-hydrogen) atoms. The summed E-state index contributed by atoms with van der Waals surface area (Å²) in [5, 5.41) is 11.3. The van der Waals surface area contributed by atoms with Gasteiger partial charge in [-0.15, -0.1) is 0 Å². The summed E-state index contributed by atoms with van der Waals surface area (Å²) in [5.41, 5.74) is 1.20. The Hall–Kier alpha value is -3.16. The number of aryl methyl sites for hydroxylation is 1. The minimum absolute atomic E-state index is 0.140. The Bertz CT molecular complexity index is 1010. The summed E-state index contributed by atoms with van der Waals surface area (Å²) in [6, 6.07) is 6.78. The fourth-order valence-corrected chi connectivity index (χ4v) is 3.53. The number of carbonyl (C=O) groups excluding carboxylic acids is 1. The summed E-state index contributed by atoms with van der Waals surface area (Å²) in [6.45, 7) is 1.66. The van der Waals surface area contributed by atoms with Gasteiger partial charge in [-0.25, -0.2) is 4.68 Å². The van der Waals surface area contributed by atoms with Gasteiger partial charge in [0.2, 0.25) is 5.91 Å². The van der Waals surface area contributed by atoms with Crippen molar-refractivity contribution in [3.05, 3.63) is 46.6 Å². The Morgan fingerprint density at radius 3 is 2.75 bits per heavy atom. The van der Waals surface area contributed by atoms with Crippen molar-refractivity contribution in [1.82, 2.24) is 20.3 Å². The van der Waals surface area contributed by atoms with Crippen LogP contribution in [0.25, 0.3) is 22.8 Å². The third kappa shape index (κ3) is 3.90. The molecule has 1 aliphatic carbocycles. The van der Waals surface area contributed by atoms with Gasteiger partial charge >= 0.3 is 0 Å². The van der Waals surface area contributed by atoms with Gasteiger partial charge in [0.1, 0.15) is 12.2 Å². The van der Waals surface area contributed by atoms with Gasteiger partial charge in [0.25, 0.3) is 5.56 Å². The van der Waals surface area contributed by atoms with E-state index in [0.717, 1.165) is 30.4 Å². The van der Waals surface area contributed by atoms with Crippen molar-refractivity contribution in [2.45, 2.75) is 51.6 Å². The molecular formula is C20H22N4O4. The lowest BCUT2D eigenvalue weighted by atomic mass is 9.95. The molecule has 0 aromatic carbocycles. The van der Waals surface area contributed by atoms with Crippen LogP contribution in [0.15, 0.2) is 44.3 Å². The van der Waals surface area contributed by atoms with Crippen molar-refractivity contribution in [3.8, 4) is 22.8 Å². The van der Waals surface area contributed by atoms with Gasteiger partial charge in [0, 0.05) is 18.2 Å². The highest BCUT2D eigenvalue weighted by Gasteiger charge is 2.20. The number of amides is 1. The second-order valence-electron chi connectivity index (χ2n) is 7.11. The van der Waals surface area contributed by atoms with E-state index < -0.39 is 5.56 Å². The highest BCUT2D eigenvalue weighted by atomic mass is 16.5. The number of hydrogen-bond donors (Lipinski definition) is 1. The van der Waals surface area contributed by atoms with E-state index in [-0.39, 0.29) is 18.5 Å². The number of aromatic nitrogens is 3. The third-order valence-corrected chi connectivity index (χ3v) is 4.91. The molecule has 0 radical (unpaired) electrons. The fraction of sp³-hybridized carbons (Fsp3) is 0.400. The van der Waals surface area contributed by atoms with Gasteiger partial charge < -0.3 is 14.3 Å². The van der Waals surface area contributed by atoms with Crippen LogP contribution in [0.1, 0.15) is 37.8 Å². The van der Waals surface area contributed by atoms with E-state index in [4.69, 9.17) is 8.94 Å². The summed E-state index contributed by atoms with van der Waals surface area (Å²) in [6.07, 6.45) is 6.94. The lowest BCUT2D eigenvalue weighted by molar-refractivity contribution is -0.122. The van der Waals surface area contributed by atoms with Crippen molar-refractivity contribution in [1.29, 1.82) is 0 Å². The monoisotopic (exact) mass is 382 g/mol. The Kier molecular flexibility index (Phi) is 5.10. The van der Waals surface area contributed by atoms with Gasteiger partial charge in [-0.2, -0.15) is 5.10 Å². The van der Waals surface area contributed by atoms with Crippen LogP contribution in [-0.4, -0.2) is 26.9 Å². The summed E-state index contributed by atoms with van der Waals surface area (Å²) in [4.78, 5) is 25.0. The van der Waals surface area contributed by atoms with E-state index >= 15 is 0 Å². The molecule has 1 aliphatic rings. The first-order valence-corrected chi connectivity index (χ1v) is 9.49. The third-order valence-electron chi connectivity index (χ3n) is 4.91. The molecule has 8 heteroatoms. The van der Waals surface area contributed by atoms with E-state index in [2.05, 4.69) is 15.6 Å². The predicted molar refractivity (Wildman–Crippen MR) is 101 cm³/mol. The number of hydrogen-bond acceptors (Lipinski definition) is 6. The summed E-state index contributed by atoms with van der Waals surface area (Å²) < 4.78 is 11.9. The maximum Gasteiger partial charge on any atom is 0.268 e. The van der Waals surface area contributed by atoms with Crippen molar-refractivity contribution < 1.29 is 13.7 Å². The van der Waals surface area contributed by atoms with Crippen LogP contribution in [0.3, 0.4) is 0 Å². The highest BCUT2D eigenvalue weighted by molar-refractivity contribution is 5.77. The largest absolute Gasteiger partial charge is 0.463 e. The zero-order chi connectivity index (χ0) is 19.5. The summed E-state index contributed by atoms with van der Waals surface area (Å²) in [7, 11) is 0. The molecule has 1 amide bonds. The van der Waals surface area contributed by atoms with Crippen LogP contribution >= 0.6 is 0 Å². The van der Waals surface area contributed by atoms with E-state index in [1.54, 1.807) is 25.1 Å². The molecule has 0 bridgehead atoms. The molecule has 0 spiro atoms. The standard InChI is InChI=1S/C20H22N4O4/c1-13-10-17(28-23-13)15-11-19(26)24(22-20(15)16-8-5-9-27-16)12-18(25)21-14-6-3-2-4-7-14/h5,8-11,14H,2-4,6-7,12H2,1H3,(H,21,25). The molecule has 0 saturated heterocycles. The fourth-order valence-electron chi connectivity index (χ4n) is 3.53. The quantitative estimate of drug-likeness (QED) is 0.728. The van der Waals surface area contributed by atoms with E-state index in [0.29, 0.717) is 28.5 Å². The maximum atomic E-state index is 12.6. The first kappa shape index (κ1) is 18.2. The molecule has 3 aromatic rings. The van der Waals surface area contributed by atoms with Crippen LogP contribution in [0.4, 0.5) is 0 Å². The maximum absolute atomic E-state index is 12.6. The van der Waals surface area contributed by atoms with Gasteiger partial charge in [-0.3, -0.25) is 9.59 Å². The van der Waals surface area contributed by atoms with Crippen molar-refractivity contribution >= 4 is 5.91 Å². The number of nitrogens with one attached hydrogen (secondary N) is 1. The van der Waals surface area contributed by atoms with Crippen molar-refractivity contribution in [3.63, 3.8) is 0 Å². The SMILES string of the molecule is Cc1cc(-c2cc(=O)n(CC(=O)NC3CCCCC3)nc2-c2ccco2)on1. The van der Waals surface area contributed by atoms with Crippen LogP contribution in [0, 0.1) is 6.92 Å². The van der Waals surface area contributed by atoms with E-state index in [1.807, 2.05) is 0 Å². The van der Waals surface area contributed by atoms with E-state index in [9.17, 15) is 9.59 Å². The zero-order valence-corrected chi connectivity index (χ0v) is 15.7. The smallest absolute Gasteiger partial charge is 0.268 e. The molecule has 0 aliphatic heterocycles.